The quantitative estimate of drug-likeness (QED) is 0.734. The summed E-state index contributed by atoms with van der Waals surface area (Å²) in [5.74, 6) is 1.40. The molecule has 1 aromatic rings. The van der Waals surface area contributed by atoms with E-state index in [9.17, 15) is 9.50 Å². The molecular weight excluding hydrogens is 299 g/mol. The van der Waals surface area contributed by atoms with Gasteiger partial charge in [0, 0.05) is 31.7 Å². The van der Waals surface area contributed by atoms with Crippen molar-refractivity contribution >= 4 is 0 Å². The molecule has 0 spiro atoms. The summed E-state index contributed by atoms with van der Waals surface area (Å²) in [6.45, 7) is 2.68. The molecule has 130 valence electrons. The highest BCUT2D eigenvalue weighted by molar-refractivity contribution is 5.46. The lowest BCUT2D eigenvalue weighted by atomic mass is 10.1. The molecule has 1 fully saturated rings. The van der Waals surface area contributed by atoms with Crippen LogP contribution in [-0.4, -0.2) is 74.6 Å². The first kappa shape index (κ1) is 18.0. The monoisotopic (exact) mass is 326 g/mol. The zero-order chi connectivity index (χ0) is 16.8. The first-order valence-electron chi connectivity index (χ1n) is 7.99. The minimum Gasteiger partial charge on any atom is -0.493 e. The smallest absolute Gasteiger partial charge is 0.165 e. The molecule has 5 nitrogen and oxygen atoms in total. The number of rotatable bonds is 8. The molecule has 0 bridgehead atoms. The van der Waals surface area contributed by atoms with E-state index in [1.807, 2.05) is 37.2 Å². The third-order valence-corrected chi connectivity index (χ3v) is 3.97. The highest BCUT2D eigenvalue weighted by Crippen LogP contribution is 2.33. The molecule has 2 atom stereocenters. The number of hydrogen-bond acceptors (Lipinski definition) is 5. The number of β-amino-alcohol motifs (C(OH)–C–C–N with tert-alkyl or cyclic N) is 1. The lowest BCUT2D eigenvalue weighted by Gasteiger charge is -2.20. The number of aliphatic hydroxyl groups is 1. The number of alkyl halides is 1. The van der Waals surface area contributed by atoms with E-state index in [1.54, 1.807) is 7.11 Å². The van der Waals surface area contributed by atoms with Crippen molar-refractivity contribution in [3.05, 3.63) is 23.8 Å². The van der Waals surface area contributed by atoms with Crippen LogP contribution in [0.25, 0.3) is 0 Å². The molecule has 1 saturated heterocycles. The fourth-order valence-electron chi connectivity index (χ4n) is 2.76. The van der Waals surface area contributed by atoms with Crippen LogP contribution in [0.5, 0.6) is 11.5 Å². The zero-order valence-electron chi connectivity index (χ0n) is 14.2. The molecule has 1 heterocycles. The Labute approximate surface area is 137 Å². The summed E-state index contributed by atoms with van der Waals surface area (Å²) in [4.78, 5) is 4.01. The van der Waals surface area contributed by atoms with Gasteiger partial charge in [-0.1, -0.05) is 12.1 Å². The Bertz CT molecular complexity index is 489. The highest BCUT2D eigenvalue weighted by atomic mass is 19.1. The number of ether oxygens (including phenoxy) is 2. The maximum absolute atomic E-state index is 13.5. The van der Waals surface area contributed by atoms with E-state index in [0.29, 0.717) is 31.2 Å². The van der Waals surface area contributed by atoms with Crippen molar-refractivity contribution in [3.63, 3.8) is 0 Å². The minimum atomic E-state index is -1.18. The van der Waals surface area contributed by atoms with Crippen molar-refractivity contribution in [1.29, 1.82) is 0 Å². The van der Waals surface area contributed by atoms with Crippen LogP contribution in [0.1, 0.15) is 12.0 Å². The Balaban J connectivity index is 2.03. The fraction of sp³-hybridized carbons (Fsp3) is 0.647. The van der Waals surface area contributed by atoms with Gasteiger partial charge in [0.2, 0.25) is 0 Å². The van der Waals surface area contributed by atoms with Crippen molar-refractivity contribution in [2.75, 3.05) is 47.4 Å². The molecule has 0 saturated carbocycles. The number of likely N-dealkylation sites (tertiary alicyclic amines) is 1. The molecule has 0 radical (unpaired) electrons. The predicted octanol–water partition coefficient (Wildman–Crippen LogP) is 1.54. The number of para-hydroxylation sites is 1. The van der Waals surface area contributed by atoms with Crippen molar-refractivity contribution in [2.45, 2.75) is 25.2 Å². The summed E-state index contributed by atoms with van der Waals surface area (Å²) in [5.41, 5.74) is 0.954. The van der Waals surface area contributed by atoms with Crippen LogP contribution in [-0.2, 0) is 6.54 Å². The molecule has 1 aliphatic heterocycles. The molecule has 1 aromatic carbocycles. The summed E-state index contributed by atoms with van der Waals surface area (Å²) < 4.78 is 24.8. The van der Waals surface area contributed by atoms with Crippen molar-refractivity contribution in [2.24, 2.45) is 0 Å². The lowest BCUT2D eigenvalue weighted by molar-refractivity contribution is 0.115. The number of benzene rings is 1. The first-order valence-corrected chi connectivity index (χ1v) is 7.99. The summed E-state index contributed by atoms with van der Waals surface area (Å²) >= 11 is 0. The van der Waals surface area contributed by atoms with Gasteiger partial charge >= 0.3 is 0 Å². The number of methoxy groups -OCH3 is 1. The maximum atomic E-state index is 13.5. The normalized spacial score (nSPS) is 21.8. The average molecular weight is 326 g/mol. The number of nitrogens with zero attached hydrogens (tertiary/aromatic N) is 2. The molecule has 1 aliphatic rings. The number of halogens is 1. The Kier molecular flexibility index (Phi) is 6.62. The van der Waals surface area contributed by atoms with Gasteiger partial charge in [0.25, 0.3) is 0 Å². The summed E-state index contributed by atoms with van der Waals surface area (Å²) in [7, 11) is 5.67. The molecule has 2 rings (SSSR count). The van der Waals surface area contributed by atoms with Crippen LogP contribution in [0.15, 0.2) is 18.2 Å². The van der Waals surface area contributed by atoms with E-state index in [1.165, 1.54) is 0 Å². The molecule has 0 unspecified atom stereocenters. The third kappa shape index (κ3) is 5.06. The van der Waals surface area contributed by atoms with Crippen LogP contribution in [0.3, 0.4) is 0 Å². The summed E-state index contributed by atoms with van der Waals surface area (Å²) in [6.07, 6.45) is -1.16. The molecule has 0 aromatic heterocycles. The van der Waals surface area contributed by atoms with Gasteiger partial charge in [-0.2, -0.15) is 0 Å². The maximum Gasteiger partial charge on any atom is 0.165 e. The Morgan fingerprint density at radius 3 is 2.74 bits per heavy atom. The Morgan fingerprint density at radius 1 is 1.35 bits per heavy atom. The topological polar surface area (TPSA) is 45.2 Å². The first-order chi connectivity index (χ1) is 11.0. The van der Waals surface area contributed by atoms with Gasteiger partial charge in [0.1, 0.15) is 6.17 Å². The second-order valence-electron chi connectivity index (χ2n) is 6.23. The van der Waals surface area contributed by atoms with E-state index in [0.717, 1.165) is 18.5 Å². The average Bonchev–Trinajstić information content (AvgIpc) is 2.82. The van der Waals surface area contributed by atoms with Crippen LogP contribution in [0, 0.1) is 0 Å². The van der Waals surface area contributed by atoms with Gasteiger partial charge in [-0.25, -0.2) is 4.39 Å². The summed E-state index contributed by atoms with van der Waals surface area (Å²) in [6, 6.07) is 5.73. The molecule has 23 heavy (non-hydrogen) atoms. The Hall–Kier alpha value is -1.37. The van der Waals surface area contributed by atoms with Gasteiger partial charge in [0.15, 0.2) is 11.5 Å². The second kappa shape index (κ2) is 8.47. The second-order valence-corrected chi connectivity index (χ2v) is 6.23. The van der Waals surface area contributed by atoms with Crippen molar-refractivity contribution in [3.8, 4) is 11.5 Å². The van der Waals surface area contributed by atoms with Crippen LogP contribution in [0.4, 0.5) is 4.39 Å². The Morgan fingerprint density at radius 2 is 2.13 bits per heavy atom. The van der Waals surface area contributed by atoms with Crippen LogP contribution >= 0.6 is 0 Å². The third-order valence-electron chi connectivity index (χ3n) is 3.97. The van der Waals surface area contributed by atoms with E-state index in [2.05, 4.69) is 4.90 Å². The van der Waals surface area contributed by atoms with Gasteiger partial charge in [0.05, 0.1) is 19.8 Å². The predicted molar refractivity (Wildman–Crippen MR) is 87.8 cm³/mol. The summed E-state index contributed by atoms with van der Waals surface area (Å²) in [5, 5.41) is 9.56. The number of aliphatic hydroxyl groups excluding tert-OH is 1. The van der Waals surface area contributed by atoms with Gasteiger partial charge in [-0.15, -0.1) is 0 Å². The largest absolute Gasteiger partial charge is 0.493 e. The zero-order valence-corrected chi connectivity index (χ0v) is 14.2. The fourth-order valence-corrected chi connectivity index (χ4v) is 2.76. The van der Waals surface area contributed by atoms with Gasteiger partial charge in [-0.3, -0.25) is 4.90 Å². The molecular formula is C17H27FN2O3. The van der Waals surface area contributed by atoms with Crippen LogP contribution < -0.4 is 9.47 Å². The van der Waals surface area contributed by atoms with Crippen molar-refractivity contribution in [1.82, 2.24) is 9.80 Å². The van der Waals surface area contributed by atoms with Crippen LogP contribution in [0.2, 0.25) is 0 Å². The van der Waals surface area contributed by atoms with E-state index >= 15 is 0 Å². The van der Waals surface area contributed by atoms with Gasteiger partial charge < -0.3 is 19.5 Å². The molecule has 1 N–H and O–H groups in total. The standard InChI is InChI=1S/C17H27FN2O3/c1-19(2)8-5-9-23-17-13(6-4-7-16(17)22-3)10-20-11-14(18)15(21)12-20/h4,6-7,14-15,21H,5,8-12H2,1-3H3/t14-,15-/m1/s1. The minimum absolute atomic E-state index is 0.248. The SMILES string of the molecule is COc1cccc(CN2C[C@@H](O)[C@H](F)C2)c1OCCCN(C)C. The molecule has 6 heteroatoms. The molecule has 0 aliphatic carbocycles. The highest BCUT2D eigenvalue weighted by Gasteiger charge is 2.31. The number of hydrogen-bond donors (Lipinski definition) is 1. The van der Waals surface area contributed by atoms with Crippen molar-refractivity contribution < 1.29 is 19.0 Å². The lowest BCUT2D eigenvalue weighted by Crippen LogP contribution is -2.22. The molecule has 0 amide bonds. The van der Waals surface area contributed by atoms with E-state index in [-0.39, 0.29) is 6.54 Å². The van der Waals surface area contributed by atoms with E-state index in [4.69, 9.17) is 9.47 Å². The van der Waals surface area contributed by atoms with Gasteiger partial charge in [-0.05, 0) is 26.6 Å². The van der Waals surface area contributed by atoms with E-state index < -0.39 is 12.3 Å².